The zero-order valence-electron chi connectivity index (χ0n) is 15.0. The number of ether oxygens (including phenoxy) is 3. The predicted octanol–water partition coefficient (Wildman–Crippen LogP) is 2.70. The third kappa shape index (κ3) is 6.64. The zero-order chi connectivity index (χ0) is 18.1. The Balaban J connectivity index is 1.65. The van der Waals surface area contributed by atoms with Crippen molar-refractivity contribution in [2.75, 3.05) is 19.8 Å². The van der Waals surface area contributed by atoms with Crippen molar-refractivity contribution >= 4 is 11.9 Å². The van der Waals surface area contributed by atoms with Gasteiger partial charge in [-0.05, 0) is 49.9 Å². The van der Waals surface area contributed by atoms with Gasteiger partial charge in [0.1, 0.15) is 11.5 Å². The fraction of sp³-hybridized carbons (Fsp3) is 0.579. The first-order valence-electron chi connectivity index (χ1n) is 8.89. The zero-order valence-corrected chi connectivity index (χ0v) is 15.0. The van der Waals surface area contributed by atoms with Crippen molar-refractivity contribution < 1.29 is 23.8 Å². The quantitative estimate of drug-likeness (QED) is 0.731. The molecule has 0 bridgehead atoms. The van der Waals surface area contributed by atoms with E-state index in [0.29, 0.717) is 18.3 Å². The van der Waals surface area contributed by atoms with Gasteiger partial charge in [0.05, 0.1) is 6.61 Å². The van der Waals surface area contributed by atoms with Crippen LogP contribution in [0.3, 0.4) is 0 Å². The molecule has 2 rings (SSSR count). The van der Waals surface area contributed by atoms with Crippen LogP contribution in [0.15, 0.2) is 24.3 Å². The lowest BCUT2D eigenvalue weighted by molar-refractivity contribution is -0.150. The molecule has 1 aromatic carbocycles. The first kappa shape index (κ1) is 19.1. The highest BCUT2D eigenvalue weighted by molar-refractivity contribution is 5.81. The maximum absolute atomic E-state index is 11.9. The molecular weight excluding hydrogens is 322 g/mol. The minimum atomic E-state index is -0.569. The molecule has 1 aliphatic carbocycles. The molecule has 6 heteroatoms. The second-order valence-corrected chi connectivity index (χ2v) is 6.29. The average molecular weight is 349 g/mol. The fourth-order valence-corrected chi connectivity index (χ4v) is 2.91. The van der Waals surface area contributed by atoms with Gasteiger partial charge in [-0.1, -0.05) is 19.8 Å². The molecule has 0 saturated heterocycles. The van der Waals surface area contributed by atoms with Gasteiger partial charge in [0.2, 0.25) is 0 Å². The van der Waals surface area contributed by atoms with Gasteiger partial charge in [-0.15, -0.1) is 0 Å². The Bertz CT molecular complexity index is 557. The molecule has 1 fully saturated rings. The van der Waals surface area contributed by atoms with Gasteiger partial charge in [-0.2, -0.15) is 0 Å². The van der Waals surface area contributed by atoms with Crippen LogP contribution in [-0.4, -0.2) is 37.7 Å². The van der Waals surface area contributed by atoms with Gasteiger partial charge < -0.3 is 19.5 Å². The number of carbonyl (C=O) groups is 2. The van der Waals surface area contributed by atoms with Crippen LogP contribution in [0, 0.1) is 5.92 Å². The highest BCUT2D eigenvalue weighted by Gasteiger charge is 2.23. The van der Waals surface area contributed by atoms with Crippen molar-refractivity contribution in [3.8, 4) is 11.5 Å². The van der Waals surface area contributed by atoms with Crippen LogP contribution in [0.4, 0.5) is 0 Å². The Morgan fingerprint density at radius 2 is 1.68 bits per heavy atom. The van der Waals surface area contributed by atoms with E-state index in [1.54, 1.807) is 24.3 Å². The highest BCUT2D eigenvalue weighted by Crippen LogP contribution is 2.23. The van der Waals surface area contributed by atoms with Crippen LogP contribution in [0.2, 0.25) is 0 Å². The highest BCUT2D eigenvalue weighted by atomic mass is 16.6. The third-order valence-electron chi connectivity index (χ3n) is 4.31. The van der Waals surface area contributed by atoms with E-state index in [4.69, 9.17) is 14.2 Å². The summed E-state index contributed by atoms with van der Waals surface area (Å²) in [5, 5.41) is 2.95. The normalized spacial score (nSPS) is 19.8. The van der Waals surface area contributed by atoms with E-state index in [0.717, 1.165) is 25.0 Å². The summed E-state index contributed by atoms with van der Waals surface area (Å²) in [5.41, 5.74) is 0. The molecule has 0 aromatic heterocycles. The van der Waals surface area contributed by atoms with Crippen LogP contribution in [-0.2, 0) is 14.3 Å². The van der Waals surface area contributed by atoms with Gasteiger partial charge in [0.15, 0.2) is 13.2 Å². The van der Waals surface area contributed by atoms with E-state index in [2.05, 4.69) is 12.2 Å². The predicted molar refractivity (Wildman–Crippen MR) is 93.6 cm³/mol. The topological polar surface area (TPSA) is 73.9 Å². The number of nitrogens with one attached hydrogen (secondary N) is 1. The van der Waals surface area contributed by atoms with Crippen LogP contribution >= 0.6 is 0 Å². The summed E-state index contributed by atoms with van der Waals surface area (Å²) >= 11 is 0. The molecule has 1 aliphatic rings. The second kappa shape index (κ2) is 9.91. The first-order chi connectivity index (χ1) is 12.1. The van der Waals surface area contributed by atoms with Crippen LogP contribution < -0.4 is 14.8 Å². The monoisotopic (exact) mass is 349 g/mol. The SMILES string of the molecule is CCOc1ccc(OCC(=O)OCC(=O)N[C@H]2CCCC[C@H]2C)cc1. The molecule has 1 amide bonds. The Kier molecular flexibility index (Phi) is 7.57. The number of carbonyl (C=O) groups excluding carboxylic acids is 2. The summed E-state index contributed by atoms with van der Waals surface area (Å²) < 4.78 is 15.6. The molecular formula is C19H27NO5. The summed E-state index contributed by atoms with van der Waals surface area (Å²) in [6.45, 7) is 4.14. The van der Waals surface area contributed by atoms with Gasteiger partial charge in [0.25, 0.3) is 5.91 Å². The largest absolute Gasteiger partial charge is 0.494 e. The maximum atomic E-state index is 11.9. The smallest absolute Gasteiger partial charge is 0.344 e. The summed E-state index contributed by atoms with van der Waals surface area (Å²) in [7, 11) is 0. The van der Waals surface area contributed by atoms with E-state index >= 15 is 0 Å². The van der Waals surface area contributed by atoms with Gasteiger partial charge in [-0.3, -0.25) is 4.79 Å². The molecule has 2 atom stereocenters. The fourth-order valence-electron chi connectivity index (χ4n) is 2.91. The lowest BCUT2D eigenvalue weighted by Crippen LogP contribution is -2.43. The Morgan fingerprint density at radius 3 is 2.32 bits per heavy atom. The van der Waals surface area contributed by atoms with E-state index in [9.17, 15) is 9.59 Å². The van der Waals surface area contributed by atoms with E-state index in [-0.39, 0.29) is 25.2 Å². The number of esters is 1. The van der Waals surface area contributed by atoms with Crippen molar-refractivity contribution in [2.24, 2.45) is 5.92 Å². The minimum Gasteiger partial charge on any atom is -0.494 e. The van der Waals surface area contributed by atoms with Crippen molar-refractivity contribution in [2.45, 2.75) is 45.6 Å². The van der Waals surface area contributed by atoms with Crippen LogP contribution in [0.5, 0.6) is 11.5 Å². The van der Waals surface area contributed by atoms with Crippen LogP contribution in [0.25, 0.3) is 0 Å². The van der Waals surface area contributed by atoms with E-state index < -0.39 is 5.97 Å². The molecule has 1 N–H and O–H groups in total. The van der Waals surface area contributed by atoms with E-state index in [1.165, 1.54) is 6.42 Å². The molecule has 0 aliphatic heterocycles. The third-order valence-corrected chi connectivity index (χ3v) is 4.31. The van der Waals surface area contributed by atoms with Crippen LogP contribution in [0.1, 0.15) is 39.5 Å². The standard InChI is InChI=1S/C19H27NO5/c1-3-23-15-8-10-16(11-9-15)24-13-19(22)25-12-18(21)20-17-7-5-4-6-14(17)2/h8-11,14,17H,3-7,12-13H2,1-2H3,(H,20,21)/t14-,17+/m1/s1. The lowest BCUT2D eigenvalue weighted by Gasteiger charge is -2.29. The molecule has 0 spiro atoms. The van der Waals surface area contributed by atoms with Crippen molar-refractivity contribution in [1.29, 1.82) is 0 Å². The van der Waals surface area contributed by atoms with Crippen molar-refractivity contribution in [3.05, 3.63) is 24.3 Å². The summed E-state index contributed by atoms with van der Waals surface area (Å²) in [5.74, 6) is 0.928. The average Bonchev–Trinajstić information content (AvgIpc) is 2.61. The first-order valence-corrected chi connectivity index (χ1v) is 8.89. The second-order valence-electron chi connectivity index (χ2n) is 6.29. The van der Waals surface area contributed by atoms with E-state index in [1.807, 2.05) is 6.92 Å². The molecule has 138 valence electrons. The molecule has 1 aromatic rings. The Hall–Kier alpha value is -2.24. The maximum Gasteiger partial charge on any atom is 0.344 e. The number of hydrogen-bond acceptors (Lipinski definition) is 5. The number of rotatable bonds is 8. The molecule has 0 radical (unpaired) electrons. The van der Waals surface area contributed by atoms with Gasteiger partial charge in [-0.25, -0.2) is 4.79 Å². The number of benzene rings is 1. The van der Waals surface area contributed by atoms with Crippen molar-refractivity contribution in [1.82, 2.24) is 5.32 Å². The van der Waals surface area contributed by atoms with Gasteiger partial charge in [0, 0.05) is 6.04 Å². The number of amides is 1. The molecule has 0 unspecified atom stereocenters. The molecule has 25 heavy (non-hydrogen) atoms. The summed E-state index contributed by atoms with van der Waals surface area (Å²) in [6, 6.07) is 7.15. The Labute approximate surface area is 148 Å². The lowest BCUT2D eigenvalue weighted by atomic mass is 9.86. The molecule has 1 saturated carbocycles. The Morgan fingerprint density at radius 1 is 1.04 bits per heavy atom. The molecule has 6 nitrogen and oxygen atoms in total. The number of hydrogen-bond donors (Lipinski definition) is 1. The molecule has 0 heterocycles. The van der Waals surface area contributed by atoms with Crippen molar-refractivity contribution in [3.63, 3.8) is 0 Å². The summed E-state index contributed by atoms with van der Waals surface area (Å²) in [6.07, 6.45) is 4.46. The van der Waals surface area contributed by atoms with Gasteiger partial charge >= 0.3 is 5.97 Å². The minimum absolute atomic E-state index is 0.181. The summed E-state index contributed by atoms with van der Waals surface area (Å²) in [4.78, 5) is 23.6.